The van der Waals surface area contributed by atoms with Crippen LogP contribution in [-0.4, -0.2) is 7.11 Å². The molecule has 0 radical (unpaired) electrons. The maximum Gasteiger partial charge on any atom is 0.153 e. The van der Waals surface area contributed by atoms with E-state index in [1.807, 2.05) is 18.2 Å². The van der Waals surface area contributed by atoms with Crippen molar-refractivity contribution >= 4 is 5.69 Å². The van der Waals surface area contributed by atoms with Gasteiger partial charge in [-0.25, -0.2) is 4.39 Å². The summed E-state index contributed by atoms with van der Waals surface area (Å²) in [6, 6.07) is 12.2. The van der Waals surface area contributed by atoms with Crippen molar-refractivity contribution in [3.63, 3.8) is 0 Å². The van der Waals surface area contributed by atoms with E-state index in [-0.39, 0.29) is 5.69 Å². The molecular weight excluding hydrogens is 205 g/mol. The van der Waals surface area contributed by atoms with Crippen LogP contribution in [0.1, 0.15) is 0 Å². The lowest BCUT2D eigenvalue weighted by atomic mass is 10.0. The van der Waals surface area contributed by atoms with E-state index in [4.69, 9.17) is 10.5 Å². The molecule has 0 fully saturated rings. The Balaban J connectivity index is 2.54. The first-order valence-electron chi connectivity index (χ1n) is 4.91. The molecule has 0 atom stereocenters. The van der Waals surface area contributed by atoms with Gasteiger partial charge in [0.05, 0.1) is 12.8 Å². The fourth-order valence-corrected chi connectivity index (χ4v) is 1.56. The molecule has 0 aliphatic carbocycles. The van der Waals surface area contributed by atoms with Gasteiger partial charge in [0.1, 0.15) is 5.75 Å². The van der Waals surface area contributed by atoms with Crippen LogP contribution in [0.2, 0.25) is 0 Å². The molecule has 0 saturated heterocycles. The second kappa shape index (κ2) is 4.23. The van der Waals surface area contributed by atoms with Crippen molar-refractivity contribution in [3.8, 4) is 16.9 Å². The monoisotopic (exact) mass is 217 g/mol. The van der Waals surface area contributed by atoms with Crippen LogP contribution < -0.4 is 10.5 Å². The average Bonchev–Trinajstić information content (AvgIpc) is 2.33. The molecule has 16 heavy (non-hydrogen) atoms. The average molecular weight is 217 g/mol. The molecule has 2 N–H and O–H groups in total. The van der Waals surface area contributed by atoms with Crippen molar-refractivity contribution in [2.75, 3.05) is 12.8 Å². The summed E-state index contributed by atoms with van der Waals surface area (Å²) in [4.78, 5) is 0. The molecule has 2 aromatic rings. The van der Waals surface area contributed by atoms with Gasteiger partial charge in [0, 0.05) is 5.56 Å². The smallest absolute Gasteiger partial charge is 0.153 e. The van der Waals surface area contributed by atoms with Crippen LogP contribution in [0, 0.1) is 5.82 Å². The Morgan fingerprint density at radius 2 is 1.88 bits per heavy atom. The summed E-state index contributed by atoms with van der Waals surface area (Å²) >= 11 is 0. The predicted molar refractivity (Wildman–Crippen MR) is 62.8 cm³/mol. The summed E-state index contributed by atoms with van der Waals surface area (Å²) in [6.45, 7) is 0. The zero-order chi connectivity index (χ0) is 11.5. The van der Waals surface area contributed by atoms with Crippen LogP contribution in [0.15, 0.2) is 42.5 Å². The van der Waals surface area contributed by atoms with E-state index < -0.39 is 5.82 Å². The van der Waals surface area contributed by atoms with Crippen molar-refractivity contribution < 1.29 is 9.13 Å². The number of hydrogen-bond donors (Lipinski definition) is 1. The second-order valence-corrected chi connectivity index (χ2v) is 3.44. The molecule has 0 amide bonds. The molecule has 2 aromatic carbocycles. The van der Waals surface area contributed by atoms with Gasteiger partial charge in [0.25, 0.3) is 0 Å². The lowest BCUT2D eigenvalue weighted by Gasteiger charge is -2.07. The minimum atomic E-state index is -0.393. The number of ether oxygens (including phenoxy) is 1. The van der Waals surface area contributed by atoms with Crippen LogP contribution in [0.4, 0.5) is 10.1 Å². The Morgan fingerprint density at radius 3 is 2.62 bits per heavy atom. The van der Waals surface area contributed by atoms with Crippen LogP contribution in [-0.2, 0) is 0 Å². The number of benzene rings is 2. The predicted octanol–water partition coefficient (Wildman–Crippen LogP) is 3.08. The Kier molecular flexibility index (Phi) is 2.77. The Hall–Kier alpha value is -2.03. The maximum atomic E-state index is 13.8. The molecule has 0 saturated carbocycles. The molecule has 0 aliphatic rings. The third kappa shape index (κ3) is 1.84. The summed E-state index contributed by atoms with van der Waals surface area (Å²) in [6.07, 6.45) is 0. The molecule has 2 rings (SSSR count). The number of rotatable bonds is 2. The second-order valence-electron chi connectivity index (χ2n) is 3.44. The SMILES string of the molecule is COc1cccc(-c2cccc(N)c2F)c1. The maximum absolute atomic E-state index is 13.8. The highest BCUT2D eigenvalue weighted by atomic mass is 19.1. The van der Waals surface area contributed by atoms with Gasteiger partial charge in [-0.3, -0.25) is 0 Å². The van der Waals surface area contributed by atoms with Crippen LogP contribution in [0.3, 0.4) is 0 Å². The van der Waals surface area contributed by atoms with E-state index >= 15 is 0 Å². The third-order valence-electron chi connectivity index (χ3n) is 2.41. The highest BCUT2D eigenvalue weighted by Gasteiger charge is 2.07. The number of methoxy groups -OCH3 is 1. The van der Waals surface area contributed by atoms with Crippen LogP contribution in [0.25, 0.3) is 11.1 Å². The van der Waals surface area contributed by atoms with Crippen molar-refractivity contribution in [1.82, 2.24) is 0 Å². The van der Waals surface area contributed by atoms with Gasteiger partial charge in [-0.2, -0.15) is 0 Å². The molecule has 0 aliphatic heterocycles. The van der Waals surface area contributed by atoms with Gasteiger partial charge in [-0.15, -0.1) is 0 Å². The zero-order valence-electron chi connectivity index (χ0n) is 8.91. The summed E-state index contributed by atoms with van der Waals surface area (Å²) in [5, 5.41) is 0. The molecular formula is C13H12FNO. The summed E-state index contributed by atoms with van der Waals surface area (Å²) in [5.41, 5.74) is 6.91. The fraction of sp³-hybridized carbons (Fsp3) is 0.0769. The van der Waals surface area contributed by atoms with Gasteiger partial charge >= 0.3 is 0 Å². The molecule has 0 bridgehead atoms. The normalized spacial score (nSPS) is 10.1. The summed E-state index contributed by atoms with van der Waals surface area (Å²) < 4.78 is 18.8. The van der Waals surface area contributed by atoms with Crippen molar-refractivity contribution in [2.45, 2.75) is 0 Å². The molecule has 3 heteroatoms. The van der Waals surface area contributed by atoms with Crippen molar-refractivity contribution in [1.29, 1.82) is 0 Å². The number of anilines is 1. The molecule has 0 spiro atoms. The number of hydrogen-bond acceptors (Lipinski definition) is 2. The lowest BCUT2D eigenvalue weighted by Crippen LogP contribution is -1.93. The standard InChI is InChI=1S/C13H12FNO/c1-16-10-5-2-4-9(8-10)11-6-3-7-12(15)13(11)14/h2-8H,15H2,1H3. The Morgan fingerprint density at radius 1 is 1.12 bits per heavy atom. The van der Waals surface area contributed by atoms with E-state index in [0.717, 1.165) is 5.56 Å². The first-order chi connectivity index (χ1) is 7.72. The first-order valence-corrected chi connectivity index (χ1v) is 4.91. The summed E-state index contributed by atoms with van der Waals surface area (Å²) in [5.74, 6) is 0.301. The third-order valence-corrected chi connectivity index (χ3v) is 2.41. The van der Waals surface area contributed by atoms with Crippen molar-refractivity contribution in [2.24, 2.45) is 0 Å². The molecule has 0 aromatic heterocycles. The van der Waals surface area contributed by atoms with Gasteiger partial charge in [-0.05, 0) is 23.8 Å². The van der Waals surface area contributed by atoms with Gasteiger partial charge < -0.3 is 10.5 Å². The Bertz CT molecular complexity index is 511. The van der Waals surface area contributed by atoms with E-state index in [1.54, 1.807) is 31.4 Å². The van der Waals surface area contributed by atoms with E-state index in [0.29, 0.717) is 11.3 Å². The van der Waals surface area contributed by atoms with Gasteiger partial charge in [0.2, 0.25) is 0 Å². The topological polar surface area (TPSA) is 35.2 Å². The van der Waals surface area contributed by atoms with Crippen LogP contribution >= 0.6 is 0 Å². The number of nitrogens with two attached hydrogens (primary N) is 1. The molecule has 82 valence electrons. The lowest BCUT2D eigenvalue weighted by molar-refractivity contribution is 0.415. The number of halogens is 1. The zero-order valence-corrected chi connectivity index (χ0v) is 8.91. The molecule has 0 unspecified atom stereocenters. The van der Waals surface area contributed by atoms with Gasteiger partial charge in [0.15, 0.2) is 5.82 Å². The summed E-state index contributed by atoms with van der Waals surface area (Å²) in [7, 11) is 1.58. The first kappa shape index (κ1) is 10.5. The molecule has 2 nitrogen and oxygen atoms in total. The minimum absolute atomic E-state index is 0.153. The molecule has 0 heterocycles. The number of nitrogen functional groups attached to an aromatic ring is 1. The van der Waals surface area contributed by atoms with E-state index in [2.05, 4.69) is 0 Å². The fourth-order valence-electron chi connectivity index (χ4n) is 1.56. The Labute approximate surface area is 93.5 Å². The van der Waals surface area contributed by atoms with Crippen molar-refractivity contribution in [3.05, 3.63) is 48.3 Å². The highest BCUT2D eigenvalue weighted by molar-refractivity contribution is 5.69. The van der Waals surface area contributed by atoms with Crippen LogP contribution in [0.5, 0.6) is 5.75 Å². The highest BCUT2D eigenvalue weighted by Crippen LogP contribution is 2.28. The van der Waals surface area contributed by atoms with Gasteiger partial charge in [-0.1, -0.05) is 24.3 Å². The largest absolute Gasteiger partial charge is 0.497 e. The quantitative estimate of drug-likeness (QED) is 0.784. The van der Waals surface area contributed by atoms with E-state index in [1.165, 1.54) is 0 Å². The van der Waals surface area contributed by atoms with E-state index in [9.17, 15) is 4.39 Å². The minimum Gasteiger partial charge on any atom is -0.497 e.